The van der Waals surface area contributed by atoms with Gasteiger partial charge in [0.25, 0.3) is 0 Å². The molecule has 4 rings (SSSR count). The van der Waals surface area contributed by atoms with Crippen LogP contribution in [0.1, 0.15) is 51.0 Å². The lowest BCUT2D eigenvalue weighted by Crippen LogP contribution is -2.40. The minimum Gasteiger partial charge on any atom is -0.302 e. The number of amides is 1. The quantitative estimate of drug-likeness (QED) is 0.783. The summed E-state index contributed by atoms with van der Waals surface area (Å²) in [6.07, 6.45) is 6.67. The molecule has 2 unspecified atom stereocenters. The molecular weight excluding hydrogens is 356 g/mol. The summed E-state index contributed by atoms with van der Waals surface area (Å²) in [6.45, 7) is 2.18. The molecule has 2 aromatic rings. The van der Waals surface area contributed by atoms with Gasteiger partial charge in [-0.1, -0.05) is 44.0 Å². The highest BCUT2D eigenvalue weighted by Crippen LogP contribution is 2.40. The summed E-state index contributed by atoms with van der Waals surface area (Å²) < 4.78 is 0. The van der Waals surface area contributed by atoms with E-state index in [1.54, 1.807) is 0 Å². The van der Waals surface area contributed by atoms with Gasteiger partial charge >= 0.3 is 0 Å². The Labute approximate surface area is 164 Å². The van der Waals surface area contributed by atoms with E-state index in [0.29, 0.717) is 23.8 Å². The Balaban J connectivity index is 1.40. The molecule has 2 bridgehead atoms. The van der Waals surface area contributed by atoms with E-state index >= 15 is 0 Å². The van der Waals surface area contributed by atoms with Crippen LogP contribution in [-0.4, -0.2) is 16.7 Å². The zero-order valence-corrected chi connectivity index (χ0v) is 16.6. The summed E-state index contributed by atoms with van der Waals surface area (Å²) in [5.74, 6) is 0.564. The number of carbonyl (C=O) groups is 2. The SMILES string of the molecule is CCCc1ccc(-c2csc(NC(=O)C3CC4CCCC(C3)C4=O)n2)cc1. The molecule has 2 aliphatic carbocycles. The third kappa shape index (κ3) is 3.98. The highest BCUT2D eigenvalue weighted by molar-refractivity contribution is 7.14. The minimum absolute atomic E-state index is 0.0265. The number of ketones is 1. The van der Waals surface area contributed by atoms with Gasteiger partial charge in [-0.2, -0.15) is 0 Å². The predicted molar refractivity (Wildman–Crippen MR) is 109 cm³/mol. The van der Waals surface area contributed by atoms with Gasteiger partial charge in [-0.3, -0.25) is 9.59 Å². The molecule has 2 saturated carbocycles. The van der Waals surface area contributed by atoms with Crippen molar-refractivity contribution in [1.82, 2.24) is 4.98 Å². The maximum absolute atomic E-state index is 12.7. The summed E-state index contributed by atoms with van der Waals surface area (Å²) in [6, 6.07) is 8.49. The summed E-state index contributed by atoms with van der Waals surface area (Å²) in [4.78, 5) is 29.5. The first-order chi connectivity index (χ1) is 13.1. The summed E-state index contributed by atoms with van der Waals surface area (Å²) in [5.41, 5.74) is 3.31. The van der Waals surface area contributed by atoms with Gasteiger partial charge in [0.15, 0.2) is 5.13 Å². The number of aromatic nitrogens is 1. The number of nitrogens with one attached hydrogen (secondary N) is 1. The maximum atomic E-state index is 12.7. The molecule has 0 radical (unpaired) electrons. The van der Waals surface area contributed by atoms with Gasteiger partial charge < -0.3 is 5.32 Å². The molecule has 2 fully saturated rings. The monoisotopic (exact) mass is 382 g/mol. The second kappa shape index (κ2) is 7.93. The van der Waals surface area contributed by atoms with Crippen LogP contribution in [0.15, 0.2) is 29.6 Å². The van der Waals surface area contributed by atoms with Crippen LogP contribution >= 0.6 is 11.3 Å². The van der Waals surface area contributed by atoms with Crippen LogP contribution in [0.4, 0.5) is 5.13 Å². The van der Waals surface area contributed by atoms with Gasteiger partial charge in [0.05, 0.1) is 5.69 Å². The Kier molecular flexibility index (Phi) is 5.39. The summed E-state index contributed by atoms with van der Waals surface area (Å²) in [5, 5.41) is 5.63. The van der Waals surface area contributed by atoms with Crippen molar-refractivity contribution in [2.75, 3.05) is 5.32 Å². The number of benzene rings is 1. The van der Waals surface area contributed by atoms with Crippen LogP contribution in [0.3, 0.4) is 0 Å². The van der Waals surface area contributed by atoms with Crippen molar-refractivity contribution in [2.24, 2.45) is 17.8 Å². The smallest absolute Gasteiger partial charge is 0.229 e. The van der Waals surface area contributed by atoms with E-state index in [-0.39, 0.29) is 23.7 Å². The fourth-order valence-corrected chi connectivity index (χ4v) is 5.22. The molecule has 0 saturated heterocycles. The first kappa shape index (κ1) is 18.4. The van der Waals surface area contributed by atoms with Gasteiger partial charge in [-0.15, -0.1) is 11.3 Å². The lowest BCUT2D eigenvalue weighted by atomic mass is 9.67. The molecule has 0 spiro atoms. The van der Waals surface area contributed by atoms with E-state index in [1.807, 2.05) is 5.38 Å². The number of aryl methyl sites for hydroxylation is 1. The van der Waals surface area contributed by atoms with Crippen molar-refractivity contribution in [3.8, 4) is 11.3 Å². The lowest BCUT2D eigenvalue weighted by Gasteiger charge is -2.36. The second-order valence-electron chi connectivity index (χ2n) is 7.87. The molecule has 1 amide bonds. The largest absolute Gasteiger partial charge is 0.302 e. The standard InChI is InChI=1S/C22H26N2O2S/c1-2-4-14-7-9-15(10-8-14)19-13-27-22(23-19)24-21(26)18-11-16-5-3-6-17(12-18)20(16)25/h7-10,13,16-18H,2-6,11-12H2,1H3,(H,23,24,26). The molecule has 5 heteroatoms. The number of carbonyl (C=O) groups excluding carboxylic acids is 2. The fraction of sp³-hybridized carbons (Fsp3) is 0.500. The van der Waals surface area contributed by atoms with Crippen molar-refractivity contribution in [3.63, 3.8) is 0 Å². The number of Topliss-reactive ketones (excluding diaryl/α,β-unsaturated/α-hetero) is 1. The number of hydrogen-bond donors (Lipinski definition) is 1. The number of thiazole rings is 1. The van der Waals surface area contributed by atoms with Gasteiger partial charge in [0, 0.05) is 28.7 Å². The van der Waals surface area contributed by atoms with Crippen LogP contribution in [0, 0.1) is 17.8 Å². The number of hydrogen-bond acceptors (Lipinski definition) is 4. The van der Waals surface area contributed by atoms with Gasteiger partial charge in [0.2, 0.25) is 5.91 Å². The van der Waals surface area contributed by atoms with Crippen molar-refractivity contribution in [1.29, 1.82) is 0 Å². The Bertz CT molecular complexity index is 811. The van der Waals surface area contributed by atoms with E-state index in [2.05, 4.69) is 41.5 Å². The second-order valence-corrected chi connectivity index (χ2v) is 8.73. The molecule has 1 N–H and O–H groups in total. The van der Waals surface area contributed by atoms with Crippen molar-refractivity contribution < 1.29 is 9.59 Å². The predicted octanol–water partition coefficient (Wildman–Crippen LogP) is 5.10. The zero-order valence-electron chi connectivity index (χ0n) is 15.7. The average molecular weight is 383 g/mol. The van der Waals surface area contributed by atoms with Gasteiger partial charge in [-0.25, -0.2) is 4.98 Å². The number of anilines is 1. The molecule has 1 heterocycles. The minimum atomic E-state index is -0.0568. The third-order valence-corrected chi connectivity index (χ3v) is 6.70. The van der Waals surface area contributed by atoms with E-state index in [0.717, 1.165) is 43.4 Å². The van der Waals surface area contributed by atoms with Crippen LogP contribution in [0.25, 0.3) is 11.3 Å². The number of rotatable bonds is 5. The maximum Gasteiger partial charge on any atom is 0.229 e. The Hall–Kier alpha value is -2.01. The molecule has 2 atom stereocenters. The van der Waals surface area contributed by atoms with Gasteiger partial charge in [-0.05, 0) is 37.7 Å². The van der Waals surface area contributed by atoms with E-state index < -0.39 is 0 Å². The van der Waals surface area contributed by atoms with Crippen LogP contribution in [-0.2, 0) is 16.0 Å². The fourth-order valence-electron chi connectivity index (χ4n) is 4.50. The molecule has 1 aromatic carbocycles. The molecule has 1 aromatic heterocycles. The number of fused-ring (bicyclic) bond motifs is 2. The van der Waals surface area contributed by atoms with E-state index in [4.69, 9.17) is 0 Å². The van der Waals surface area contributed by atoms with Crippen molar-refractivity contribution in [3.05, 3.63) is 35.2 Å². The van der Waals surface area contributed by atoms with E-state index in [9.17, 15) is 9.59 Å². The normalized spacial score (nSPS) is 24.6. The Morgan fingerprint density at radius 3 is 2.56 bits per heavy atom. The van der Waals surface area contributed by atoms with Crippen LogP contribution in [0.5, 0.6) is 0 Å². The van der Waals surface area contributed by atoms with Gasteiger partial charge in [0.1, 0.15) is 5.78 Å². The highest BCUT2D eigenvalue weighted by Gasteiger charge is 2.41. The highest BCUT2D eigenvalue weighted by atomic mass is 32.1. The molecule has 2 aliphatic rings. The summed E-state index contributed by atoms with van der Waals surface area (Å²) >= 11 is 1.46. The first-order valence-electron chi connectivity index (χ1n) is 10.0. The van der Waals surface area contributed by atoms with E-state index in [1.165, 1.54) is 16.9 Å². The van der Waals surface area contributed by atoms with Crippen LogP contribution < -0.4 is 5.32 Å². The zero-order chi connectivity index (χ0) is 18.8. The molecule has 142 valence electrons. The Morgan fingerprint density at radius 2 is 1.89 bits per heavy atom. The molecular formula is C22H26N2O2S. The van der Waals surface area contributed by atoms with Crippen molar-refractivity contribution in [2.45, 2.75) is 51.9 Å². The lowest BCUT2D eigenvalue weighted by molar-refractivity contribution is -0.136. The molecule has 27 heavy (non-hydrogen) atoms. The third-order valence-electron chi connectivity index (χ3n) is 5.94. The summed E-state index contributed by atoms with van der Waals surface area (Å²) in [7, 11) is 0. The Morgan fingerprint density at radius 1 is 1.19 bits per heavy atom. The van der Waals surface area contributed by atoms with Crippen LogP contribution in [0.2, 0.25) is 0 Å². The topological polar surface area (TPSA) is 59.1 Å². The average Bonchev–Trinajstić information content (AvgIpc) is 3.11. The number of nitrogens with zero attached hydrogens (tertiary/aromatic N) is 1. The molecule has 0 aliphatic heterocycles. The van der Waals surface area contributed by atoms with Crippen molar-refractivity contribution >= 4 is 28.2 Å². The molecule has 4 nitrogen and oxygen atoms in total. The first-order valence-corrected chi connectivity index (χ1v) is 10.9.